The lowest BCUT2D eigenvalue weighted by atomic mass is 9.71. The molecule has 1 heterocycles. The minimum Gasteiger partial charge on any atom is -0.389 e. The molecule has 2 fully saturated rings. The number of hydrogen-bond donors (Lipinski definition) is 2. The predicted octanol–water partition coefficient (Wildman–Crippen LogP) is 1.94. The lowest BCUT2D eigenvalue weighted by Gasteiger charge is -2.42. The molecule has 0 unspecified atom stereocenters. The van der Waals surface area contributed by atoms with Crippen LogP contribution in [0.1, 0.15) is 46.5 Å². The van der Waals surface area contributed by atoms with Gasteiger partial charge in [-0.1, -0.05) is 20.8 Å². The second-order valence-electron chi connectivity index (χ2n) is 7.30. The molecule has 0 radical (unpaired) electrons. The van der Waals surface area contributed by atoms with Gasteiger partial charge in [0.2, 0.25) is 0 Å². The largest absolute Gasteiger partial charge is 0.389 e. The first-order valence-corrected chi connectivity index (χ1v) is 6.84. The van der Waals surface area contributed by atoms with Gasteiger partial charge in [0.15, 0.2) is 0 Å². The van der Waals surface area contributed by atoms with Gasteiger partial charge in [-0.25, -0.2) is 0 Å². The summed E-state index contributed by atoms with van der Waals surface area (Å²) < 4.78 is 5.23. The molecule has 2 aliphatic rings. The third-order valence-corrected chi connectivity index (χ3v) is 4.44. The first-order valence-electron chi connectivity index (χ1n) is 6.84. The molecular weight excluding hydrogens is 214 g/mol. The van der Waals surface area contributed by atoms with Crippen molar-refractivity contribution < 1.29 is 9.84 Å². The molecule has 0 aromatic rings. The van der Waals surface area contributed by atoms with Crippen LogP contribution in [0.2, 0.25) is 0 Å². The van der Waals surface area contributed by atoms with Gasteiger partial charge < -0.3 is 15.2 Å². The van der Waals surface area contributed by atoms with Crippen molar-refractivity contribution >= 4 is 0 Å². The van der Waals surface area contributed by atoms with E-state index in [1.165, 1.54) is 0 Å². The SMILES string of the molecule is CC1(C)CCC(O)(CNCC2(C)COC2)CC1. The van der Waals surface area contributed by atoms with Gasteiger partial charge in [-0.2, -0.15) is 0 Å². The van der Waals surface area contributed by atoms with Gasteiger partial charge in [0.25, 0.3) is 0 Å². The van der Waals surface area contributed by atoms with Crippen LogP contribution in [0.25, 0.3) is 0 Å². The molecule has 2 rings (SSSR count). The quantitative estimate of drug-likeness (QED) is 0.790. The Morgan fingerprint density at radius 2 is 1.59 bits per heavy atom. The van der Waals surface area contributed by atoms with Crippen LogP contribution in [0.4, 0.5) is 0 Å². The second-order valence-corrected chi connectivity index (χ2v) is 7.30. The van der Waals surface area contributed by atoms with Crippen LogP contribution in [-0.2, 0) is 4.74 Å². The maximum absolute atomic E-state index is 10.5. The minimum absolute atomic E-state index is 0.296. The zero-order chi connectivity index (χ0) is 12.6. The van der Waals surface area contributed by atoms with Crippen molar-refractivity contribution in [3.63, 3.8) is 0 Å². The first-order chi connectivity index (χ1) is 7.83. The smallest absolute Gasteiger partial charge is 0.0772 e. The first kappa shape index (κ1) is 13.3. The van der Waals surface area contributed by atoms with Crippen LogP contribution in [0.5, 0.6) is 0 Å². The van der Waals surface area contributed by atoms with E-state index in [0.29, 0.717) is 10.8 Å². The molecule has 0 aromatic carbocycles. The summed E-state index contributed by atoms with van der Waals surface area (Å²) in [5, 5.41) is 13.9. The predicted molar refractivity (Wildman–Crippen MR) is 69.0 cm³/mol. The average molecular weight is 241 g/mol. The molecule has 0 spiro atoms. The van der Waals surface area contributed by atoms with E-state index in [1.807, 2.05) is 0 Å². The number of rotatable bonds is 4. The Morgan fingerprint density at radius 3 is 2.06 bits per heavy atom. The highest BCUT2D eigenvalue weighted by atomic mass is 16.5. The molecule has 0 amide bonds. The highest BCUT2D eigenvalue weighted by Gasteiger charge is 2.38. The van der Waals surface area contributed by atoms with Crippen molar-refractivity contribution in [2.24, 2.45) is 10.8 Å². The maximum Gasteiger partial charge on any atom is 0.0772 e. The summed E-state index contributed by atoms with van der Waals surface area (Å²) in [6, 6.07) is 0. The van der Waals surface area contributed by atoms with Crippen LogP contribution < -0.4 is 5.32 Å². The summed E-state index contributed by atoms with van der Waals surface area (Å²) in [4.78, 5) is 0. The molecular formula is C14H27NO2. The van der Waals surface area contributed by atoms with E-state index in [2.05, 4.69) is 26.1 Å². The van der Waals surface area contributed by atoms with Crippen LogP contribution in [-0.4, -0.2) is 37.0 Å². The Morgan fingerprint density at radius 1 is 1.00 bits per heavy atom. The molecule has 17 heavy (non-hydrogen) atoms. The Hall–Kier alpha value is -0.120. The van der Waals surface area contributed by atoms with Gasteiger partial charge in [0, 0.05) is 18.5 Å². The molecule has 0 aromatic heterocycles. The maximum atomic E-state index is 10.5. The van der Waals surface area contributed by atoms with E-state index in [9.17, 15) is 5.11 Å². The fraction of sp³-hybridized carbons (Fsp3) is 1.00. The van der Waals surface area contributed by atoms with Crippen molar-refractivity contribution in [3.05, 3.63) is 0 Å². The van der Waals surface area contributed by atoms with Crippen molar-refractivity contribution in [1.82, 2.24) is 5.32 Å². The zero-order valence-corrected chi connectivity index (χ0v) is 11.5. The van der Waals surface area contributed by atoms with Crippen molar-refractivity contribution in [1.29, 1.82) is 0 Å². The van der Waals surface area contributed by atoms with Crippen molar-refractivity contribution in [3.8, 4) is 0 Å². The lowest BCUT2D eigenvalue weighted by molar-refractivity contribution is -0.102. The topological polar surface area (TPSA) is 41.5 Å². The Bertz CT molecular complexity index is 261. The summed E-state index contributed by atoms with van der Waals surface area (Å²) >= 11 is 0. The molecule has 1 saturated heterocycles. The highest BCUT2D eigenvalue weighted by Crippen LogP contribution is 2.39. The van der Waals surface area contributed by atoms with Gasteiger partial charge in [-0.3, -0.25) is 0 Å². The van der Waals surface area contributed by atoms with Crippen LogP contribution in [0.3, 0.4) is 0 Å². The summed E-state index contributed by atoms with van der Waals surface area (Å²) in [5.74, 6) is 0. The number of nitrogens with one attached hydrogen (secondary N) is 1. The Balaban J connectivity index is 1.71. The van der Waals surface area contributed by atoms with Gasteiger partial charge in [-0.15, -0.1) is 0 Å². The minimum atomic E-state index is -0.476. The molecule has 3 heteroatoms. The Labute approximate surface area is 105 Å². The zero-order valence-electron chi connectivity index (χ0n) is 11.5. The van der Waals surface area contributed by atoms with E-state index in [0.717, 1.165) is 52.0 Å². The molecule has 1 saturated carbocycles. The molecule has 1 aliphatic carbocycles. The third kappa shape index (κ3) is 3.43. The normalized spacial score (nSPS) is 29.6. The molecule has 1 aliphatic heterocycles. The summed E-state index contributed by atoms with van der Waals surface area (Å²) in [7, 11) is 0. The van der Waals surface area contributed by atoms with E-state index in [-0.39, 0.29) is 0 Å². The van der Waals surface area contributed by atoms with E-state index < -0.39 is 5.60 Å². The summed E-state index contributed by atoms with van der Waals surface area (Å²) in [6.07, 6.45) is 4.12. The van der Waals surface area contributed by atoms with Gasteiger partial charge >= 0.3 is 0 Å². The molecule has 0 bridgehead atoms. The van der Waals surface area contributed by atoms with E-state index >= 15 is 0 Å². The van der Waals surface area contributed by atoms with Crippen molar-refractivity contribution in [2.45, 2.75) is 52.1 Å². The fourth-order valence-corrected chi connectivity index (χ4v) is 2.72. The number of hydrogen-bond acceptors (Lipinski definition) is 3. The molecule has 100 valence electrons. The van der Waals surface area contributed by atoms with Crippen LogP contribution >= 0.6 is 0 Å². The van der Waals surface area contributed by atoms with Crippen LogP contribution in [0, 0.1) is 10.8 Å². The second kappa shape index (κ2) is 4.52. The average Bonchev–Trinajstić information content (AvgIpc) is 2.21. The number of ether oxygens (including phenoxy) is 1. The summed E-state index contributed by atoms with van der Waals surface area (Å²) in [6.45, 7) is 10.2. The third-order valence-electron chi connectivity index (χ3n) is 4.44. The molecule has 3 nitrogen and oxygen atoms in total. The van der Waals surface area contributed by atoms with E-state index in [4.69, 9.17) is 4.74 Å². The summed E-state index contributed by atoms with van der Waals surface area (Å²) in [5.41, 5.74) is 0.237. The van der Waals surface area contributed by atoms with Crippen molar-refractivity contribution in [2.75, 3.05) is 26.3 Å². The monoisotopic (exact) mass is 241 g/mol. The standard InChI is InChI=1S/C14H27NO2/c1-12(2)4-6-14(16,7-5-12)9-15-8-13(3)10-17-11-13/h15-16H,4-11H2,1-3H3. The Kier molecular flexibility index (Phi) is 3.54. The van der Waals surface area contributed by atoms with E-state index in [1.54, 1.807) is 0 Å². The van der Waals surface area contributed by atoms with Gasteiger partial charge in [0.05, 0.1) is 18.8 Å². The van der Waals surface area contributed by atoms with Crippen LogP contribution in [0.15, 0.2) is 0 Å². The van der Waals surface area contributed by atoms with Gasteiger partial charge in [-0.05, 0) is 31.1 Å². The highest BCUT2D eigenvalue weighted by molar-refractivity contribution is 4.92. The number of aliphatic hydroxyl groups is 1. The lowest BCUT2D eigenvalue weighted by Crippen LogP contribution is -2.51. The molecule has 2 N–H and O–H groups in total. The fourth-order valence-electron chi connectivity index (χ4n) is 2.72. The molecule has 0 atom stereocenters. The van der Waals surface area contributed by atoms with Gasteiger partial charge in [0.1, 0.15) is 0 Å².